The monoisotopic (exact) mass is 878 g/mol. The average molecular weight is 879 g/mol. The molecule has 0 spiro atoms. The Morgan fingerprint density at radius 1 is 0.353 bits per heavy atom. The third-order valence-corrected chi connectivity index (χ3v) is 13.1. The molecule has 2 heterocycles. The molecule has 11 rings (SSSR count). The summed E-state index contributed by atoms with van der Waals surface area (Å²) in [4.78, 5) is 4.66. The number of benzene rings is 9. The standard InChI is InChI=1S/C64H54N4/c1-5-56-60-57(68(63(56)64(2,3)4)55-42-38-53(39-43-55)66(50-32-20-10-21-33-50)51-34-22-11-23-35-51)44-45-58-61(60)59(46-24-12-6-13-25-46)62(47-26-14-7-15-27-47)67(58)54-40-36-52(37-41-54)65(48-28-16-8-17-29-48)49-30-18-9-19-31-49/h6-45H,5H2,1-4H3. The van der Waals surface area contributed by atoms with Crippen LogP contribution in [0.4, 0.5) is 34.1 Å². The van der Waals surface area contributed by atoms with Gasteiger partial charge in [-0.05, 0) is 132 Å². The summed E-state index contributed by atoms with van der Waals surface area (Å²) >= 11 is 0. The zero-order chi connectivity index (χ0) is 46.2. The smallest absolute Gasteiger partial charge is 0.0619 e. The van der Waals surface area contributed by atoms with Crippen LogP contribution in [-0.4, -0.2) is 9.13 Å². The predicted octanol–water partition coefficient (Wildman–Crippen LogP) is 17.7. The van der Waals surface area contributed by atoms with Crippen LogP contribution >= 0.6 is 0 Å². The Morgan fingerprint density at radius 2 is 0.691 bits per heavy atom. The molecule has 330 valence electrons. The maximum absolute atomic E-state index is 2.55. The van der Waals surface area contributed by atoms with E-state index in [1.54, 1.807) is 0 Å². The van der Waals surface area contributed by atoms with Crippen LogP contribution in [0.2, 0.25) is 0 Å². The lowest BCUT2D eigenvalue weighted by Gasteiger charge is -2.27. The molecule has 4 heteroatoms. The summed E-state index contributed by atoms with van der Waals surface area (Å²) in [5, 5.41) is 2.57. The van der Waals surface area contributed by atoms with Gasteiger partial charge in [-0.3, -0.25) is 0 Å². The minimum Gasteiger partial charge on any atom is -0.313 e. The van der Waals surface area contributed by atoms with Crippen LogP contribution in [-0.2, 0) is 11.8 Å². The summed E-state index contributed by atoms with van der Waals surface area (Å²) in [6.07, 6.45) is 0.882. The Hall–Kier alpha value is -8.34. The van der Waals surface area contributed by atoms with Crippen molar-refractivity contribution < 1.29 is 0 Å². The number of hydrogen-bond acceptors (Lipinski definition) is 2. The molecule has 11 aromatic rings. The molecule has 0 fully saturated rings. The fraction of sp³-hybridized carbons (Fsp3) is 0.0938. The van der Waals surface area contributed by atoms with Crippen molar-refractivity contribution in [2.45, 2.75) is 39.5 Å². The van der Waals surface area contributed by atoms with E-state index in [-0.39, 0.29) is 5.41 Å². The van der Waals surface area contributed by atoms with Crippen LogP contribution < -0.4 is 9.80 Å². The van der Waals surface area contributed by atoms with Crippen molar-refractivity contribution in [1.29, 1.82) is 0 Å². The number of nitrogens with zero attached hydrogens (tertiary/aromatic N) is 4. The highest BCUT2D eigenvalue weighted by Crippen LogP contribution is 2.49. The van der Waals surface area contributed by atoms with Crippen LogP contribution in [0, 0.1) is 0 Å². The Balaban J connectivity index is 1.17. The average Bonchev–Trinajstić information content (AvgIpc) is 3.93. The van der Waals surface area contributed by atoms with Crippen LogP contribution in [0.15, 0.2) is 243 Å². The molecule has 0 saturated heterocycles. The van der Waals surface area contributed by atoms with Crippen molar-refractivity contribution in [2.24, 2.45) is 0 Å². The maximum Gasteiger partial charge on any atom is 0.0619 e. The lowest BCUT2D eigenvalue weighted by molar-refractivity contribution is 0.553. The molecule has 0 saturated carbocycles. The van der Waals surface area contributed by atoms with Gasteiger partial charge < -0.3 is 18.9 Å². The van der Waals surface area contributed by atoms with E-state index in [1.165, 1.54) is 55.4 Å². The first-order valence-corrected chi connectivity index (χ1v) is 23.8. The second kappa shape index (κ2) is 17.8. The minimum atomic E-state index is -0.174. The minimum absolute atomic E-state index is 0.174. The van der Waals surface area contributed by atoms with Gasteiger partial charge >= 0.3 is 0 Å². The van der Waals surface area contributed by atoms with Gasteiger partial charge in [0, 0.05) is 72.9 Å². The first kappa shape index (κ1) is 42.3. The molecule has 0 aliphatic carbocycles. The first-order valence-electron chi connectivity index (χ1n) is 23.8. The van der Waals surface area contributed by atoms with Crippen molar-refractivity contribution in [3.05, 3.63) is 254 Å². The van der Waals surface area contributed by atoms with Crippen molar-refractivity contribution in [2.75, 3.05) is 9.80 Å². The van der Waals surface area contributed by atoms with Crippen molar-refractivity contribution in [3.63, 3.8) is 0 Å². The zero-order valence-electron chi connectivity index (χ0n) is 39.1. The number of rotatable bonds is 11. The topological polar surface area (TPSA) is 16.3 Å². The molecule has 0 atom stereocenters. The number of aromatic nitrogens is 2. The quantitative estimate of drug-likeness (QED) is 0.129. The summed E-state index contributed by atoms with van der Waals surface area (Å²) in [5.41, 5.74) is 18.6. The second-order valence-corrected chi connectivity index (χ2v) is 18.5. The van der Waals surface area contributed by atoms with E-state index < -0.39 is 0 Å². The van der Waals surface area contributed by atoms with Crippen LogP contribution in [0.3, 0.4) is 0 Å². The van der Waals surface area contributed by atoms with Gasteiger partial charge in [0.15, 0.2) is 0 Å². The van der Waals surface area contributed by atoms with E-state index in [2.05, 4.69) is 289 Å². The highest BCUT2D eigenvalue weighted by Gasteiger charge is 2.31. The molecule has 4 nitrogen and oxygen atoms in total. The van der Waals surface area contributed by atoms with E-state index in [4.69, 9.17) is 0 Å². The summed E-state index contributed by atoms with van der Waals surface area (Å²) in [7, 11) is 0. The molecule has 0 N–H and O–H groups in total. The molecule has 68 heavy (non-hydrogen) atoms. The molecule has 9 aromatic carbocycles. The summed E-state index contributed by atoms with van der Waals surface area (Å²) in [6.45, 7) is 9.42. The van der Waals surface area contributed by atoms with Gasteiger partial charge in [-0.1, -0.05) is 161 Å². The van der Waals surface area contributed by atoms with E-state index >= 15 is 0 Å². The molecule has 0 aliphatic rings. The first-order chi connectivity index (χ1) is 33.4. The lowest BCUT2D eigenvalue weighted by atomic mass is 9.86. The lowest BCUT2D eigenvalue weighted by Crippen LogP contribution is -2.19. The second-order valence-electron chi connectivity index (χ2n) is 18.5. The Kier molecular flexibility index (Phi) is 11.1. The third kappa shape index (κ3) is 7.54. The molecule has 0 unspecified atom stereocenters. The molecule has 0 radical (unpaired) electrons. The van der Waals surface area contributed by atoms with Gasteiger partial charge in [0.25, 0.3) is 0 Å². The predicted molar refractivity (Wildman–Crippen MR) is 288 cm³/mol. The molecule has 0 bridgehead atoms. The fourth-order valence-electron chi connectivity index (χ4n) is 10.4. The summed E-state index contributed by atoms with van der Waals surface area (Å²) < 4.78 is 5.06. The molecule has 0 aliphatic heterocycles. The Labute approximate surface area is 400 Å². The van der Waals surface area contributed by atoms with Crippen LogP contribution in [0.25, 0.3) is 55.6 Å². The fourth-order valence-corrected chi connectivity index (χ4v) is 10.4. The van der Waals surface area contributed by atoms with Crippen LogP contribution in [0.5, 0.6) is 0 Å². The SMILES string of the molecule is CCc1c(C(C)(C)C)n(-c2ccc(N(c3ccccc3)c3ccccc3)cc2)c2ccc3c(c(-c4ccccc4)c(-c4ccccc4)n3-c3ccc(N(c4ccccc4)c4ccccc4)cc3)c12. The van der Waals surface area contributed by atoms with Gasteiger partial charge in [-0.15, -0.1) is 0 Å². The normalized spacial score (nSPS) is 11.6. The number of fused-ring (bicyclic) bond motifs is 3. The number of hydrogen-bond donors (Lipinski definition) is 0. The molecule has 2 aromatic heterocycles. The molecular formula is C64H54N4. The largest absolute Gasteiger partial charge is 0.313 e. The van der Waals surface area contributed by atoms with Gasteiger partial charge in [0.2, 0.25) is 0 Å². The van der Waals surface area contributed by atoms with Gasteiger partial charge in [0.05, 0.1) is 16.7 Å². The van der Waals surface area contributed by atoms with Crippen LogP contribution in [0.1, 0.15) is 39.0 Å². The van der Waals surface area contributed by atoms with E-state index in [1.807, 2.05) is 0 Å². The molecule has 0 amide bonds. The van der Waals surface area contributed by atoms with Crippen molar-refractivity contribution in [3.8, 4) is 33.8 Å². The van der Waals surface area contributed by atoms with Gasteiger partial charge in [-0.25, -0.2) is 0 Å². The highest BCUT2D eigenvalue weighted by molar-refractivity contribution is 6.20. The summed E-state index contributed by atoms with van der Waals surface area (Å²) in [5.74, 6) is 0. The van der Waals surface area contributed by atoms with E-state index in [9.17, 15) is 0 Å². The number of anilines is 6. The van der Waals surface area contributed by atoms with Crippen molar-refractivity contribution in [1.82, 2.24) is 9.13 Å². The Morgan fingerprint density at radius 3 is 1.07 bits per heavy atom. The number of para-hydroxylation sites is 4. The zero-order valence-corrected chi connectivity index (χ0v) is 39.1. The highest BCUT2D eigenvalue weighted by atomic mass is 15.1. The van der Waals surface area contributed by atoms with Gasteiger partial charge in [-0.2, -0.15) is 0 Å². The third-order valence-electron chi connectivity index (χ3n) is 13.1. The van der Waals surface area contributed by atoms with E-state index in [0.717, 1.165) is 51.9 Å². The number of aryl methyl sites for hydroxylation is 1. The van der Waals surface area contributed by atoms with Crippen molar-refractivity contribution >= 4 is 55.9 Å². The summed E-state index contributed by atoms with van der Waals surface area (Å²) in [6, 6.07) is 87.6. The Bertz CT molecular complexity index is 3380. The van der Waals surface area contributed by atoms with E-state index in [0.29, 0.717) is 0 Å². The van der Waals surface area contributed by atoms with Gasteiger partial charge in [0.1, 0.15) is 0 Å². The molecular weight excluding hydrogens is 825 g/mol. The maximum atomic E-state index is 2.55.